The average Bonchev–Trinajstić information content (AvgIpc) is 3.00. The van der Waals surface area contributed by atoms with Crippen molar-refractivity contribution in [2.45, 2.75) is 38.8 Å². The van der Waals surface area contributed by atoms with Crippen LogP contribution in [0.4, 0.5) is 0 Å². The number of carboxylic acids is 1. The first-order valence-corrected chi connectivity index (χ1v) is 9.31. The second kappa shape index (κ2) is 7.76. The highest BCUT2D eigenvalue weighted by Gasteiger charge is 2.48. The number of rotatable bonds is 5. The van der Waals surface area contributed by atoms with Crippen LogP contribution in [0.15, 0.2) is 18.2 Å². The van der Waals surface area contributed by atoms with Gasteiger partial charge in [0.05, 0.1) is 19.8 Å². The number of hydrogen-bond acceptors (Lipinski definition) is 5. The lowest BCUT2D eigenvalue weighted by atomic mass is 9.76. The molecule has 3 rings (SSSR count). The summed E-state index contributed by atoms with van der Waals surface area (Å²) in [5.74, 6) is 0.694. The van der Waals surface area contributed by atoms with Crippen LogP contribution < -0.4 is 9.47 Å². The third-order valence-electron chi connectivity index (χ3n) is 6.05. The van der Waals surface area contributed by atoms with E-state index in [0.29, 0.717) is 44.1 Å². The van der Waals surface area contributed by atoms with Crippen molar-refractivity contribution < 1.29 is 24.2 Å². The summed E-state index contributed by atoms with van der Waals surface area (Å²) < 4.78 is 10.9. The zero-order valence-electron chi connectivity index (χ0n) is 16.2. The van der Waals surface area contributed by atoms with Gasteiger partial charge in [0, 0.05) is 33.1 Å². The Labute approximate surface area is 159 Å². The first-order chi connectivity index (χ1) is 12.9. The molecule has 2 aliphatic heterocycles. The van der Waals surface area contributed by atoms with E-state index in [-0.39, 0.29) is 11.3 Å². The Balaban J connectivity index is 1.81. The summed E-state index contributed by atoms with van der Waals surface area (Å²) in [5, 5.41) is 9.80. The summed E-state index contributed by atoms with van der Waals surface area (Å²) in [7, 11) is 3.21. The molecule has 0 saturated carbocycles. The minimum atomic E-state index is -0.797. The summed E-state index contributed by atoms with van der Waals surface area (Å²) >= 11 is 0. The Morgan fingerprint density at radius 1 is 1.19 bits per heavy atom. The van der Waals surface area contributed by atoms with Crippen LogP contribution in [0.25, 0.3) is 0 Å². The van der Waals surface area contributed by atoms with Crippen molar-refractivity contribution in [2.24, 2.45) is 5.41 Å². The smallest absolute Gasteiger partial charge is 0.320 e. The number of likely N-dealkylation sites (tertiary alicyclic amines) is 2. The first-order valence-electron chi connectivity index (χ1n) is 9.31. The second-order valence-electron chi connectivity index (χ2n) is 7.61. The van der Waals surface area contributed by atoms with Crippen LogP contribution >= 0.6 is 0 Å². The SMILES string of the molecule is COc1cccc(OC)c1CN1CC2(CCN(C(C)=O)CC2)C[C@H]1C(=O)O. The summed E-state index contributed by atoms with van der Waals surface area (Å²) in [4.78, 5) is 27.4. The zero-order chi connectivity index (χ0) is 19.6. The van der Waals surface area contributed by atoms with E-state index < -0.39 is 12.0 Å². The number of amides is 1. The monoisotopic (exact) mass is 376 g/mol. The third-order valence-corrected chi connectivity index (χ3v) is 6.05. The number of piperidine rings is 1. The number of carbonyl (C=O) groups is 2. The van der Waals surface area contributed by atoms with E-state index in [9.17, 15) is 14.7 Å². The fourth-order valence-electron chi connectivity index (χ4n) is 4.50. The molecule has 2 saturated heterocycles. The second-order valence-corrected chi connectivity index (χ2v) is 7.61. The lowest BCUT2D eigenvalue weighted by Gasteiger charge is -2.39. The van der Waals surface area contributed by atoms with E-state index >= 15 is 0 Å². The van der Waals surface area contributed by atoms with Gasteiger partial charge in [0.2, 0.25) is 5.91 Å². The van der Waals surface area contributed by atoms with Gasteiger partial charge in [0.15, 0.2) is 0 Å². The number of aliphatic carboxylic acids is 1. The molecule has 1 aromatic rings. The molecule has 1 amide bonds. The predicted molar refractivity (Wildman–Crippen MR) is 99.9 cm³/mol. The molecule has 0 radical (unpaired) electrons. The van der Waals surface area contributed by atoms with Crippen molar-refractivity contribution in [1.29, 1.82) is 0 Å². The lowest BCUT2D eigenvalue weighted by molar-refractivity contribution is -0.142. The molecule has 148 valence electrons. The fraction of sp³-hybridized carbons (Fsp3) is 0.600. The zero-order valence-corrected chi connectivity index (χ0v) is 16.2. The summed E-state index contributed by atoms with van der Waals surface area (Å²) in [6.07, 6.45) is 2.30. The standard InChI is InChI=1S/C20H28N2O5/c1-14(23)21-9-7-20(8-10-21)11-16(19(24)25)22(13-20)12-15-17(26-2)5-4-6-18(15)27-3/h4-6,16H,7-13H2,1-3H3,(H,24,25)/t16-/m0/s1. The molecule has 1 atom stereocenters. The van der Waals surface area contributed by atoms with E-state index in [4.69, 9.17) is 9.47 Å². The van der Waals surface area contributed by atoms with Gasteiger partial charge in [0.1, 0.15) is 17.5 Å². The van der Waals surface area contributed by atoms with Crippen molar-refractivity contribution in [2.75, 3.05) is 33.9 Å². The molecule has 0 aromatic heterocycles. The van der Waals surface area contributed by atoms with Crippen molar-refractivity contribution in [1.82, 2.24) is 9.80 Å². The Morgan fingerprint density at radius 3 is 2.26 bits per heavy atom. The Kier molecular flexibility index (Phi) is 5.60. The predicted octanol–water partition coefficient (Wildman–Crippen LogP) is 1.99. The van der Waals surface area contributed by atoms with Gasteiger partial charge in [-0.05, 0) is 36.8 Å². The van der Waals surface area contributed by atoms with Gasteiger partial charge in [-0.15, -0.1) is 0 Å². The van der Waals surface area contributed by atoms with Gasteiger partial charge >= 0.3 is 5.97 Å². The molecule has 2 fully saturated rings. The van der Waals surface area contributed by atoms with Crippen molar-refractivity contribution in [3.8, 4) is 11.5 Å². The third kappa shape index (κ3) is 3.88. The van der Waals surface area contributed by atoms with Crippen LogP contribution in [0, 0.1) is 5.41 Å². The van der Waals surface area contributed by atoms with Crippen LogP contribution in [-0.2, 0) is 16.1 Å². The molecule has 7 heteroatoms. The van der Waals surface area contributed by atoms with Crippen LogP contribution in [0.2, 0.25) is 0 Å². The van der Waals surface area contributed by atoms with Crippen LogP contribution in [0.3, 0.4) is 0 Å². The molecule has 1 aromatic carbocycles. The van der Waals surface area contributed by atoms with Crippen molar-refractivity contribution in [3.63, 3.8) is 0 Å². The summed E-state index contributed by atoms with van der Waals surface area (Å²) in [6.45, 7) is 4.16. The summed E-state index contributed by atoms with van der Waals surface area (Å²) in [6, 6.07) is 5.05. The molecular formula is C20H28N2O5. The van der Waals surface area contributed by atoms with Gasteiger partial charge in [-0.2, -0.15) is 0 Å². The molecule has 0 unspecified atom stereocenters. The molecule has 0 aliphatic carbocycles. The first kappa shape index (κ1) is 19.5. The van der Waals surface area contributed by atoms with E-state index in [1.807, 2.05) is 28.0 Å². The van der Waals surface area contributed by atoms with Gasteiger partial charge in [-0.1, -0.05) is 6.07 Å². The highest BCUT2D eigenvalue weighted by atomic mass is 16.5. The number of ether oxygens (including phenoxy) is 2. The van der Waals surface area contributed by atoms with E-state index in [1.54, 1.807) is 21.1 Å². The highest BCUT2D eigenvalue weighted by Crippen LogP contribution is 2.45. The minimum absolute atomic E-state index is 0.0513. The maximum atomic E-state index is 11.9. The molecule has 1 N–H and O–H groups in total. The van der Waals surface area contributed by atoms with E-state index in [1.165, 1.54) is 0 Å². The van der Waals surface area contributed by atoms with Gasteiger partial charge in [-0.25, -0.2) is 0 Å². The summed E-state index contributed by atoms with van der Waals surface area (Å²) in [5.41, 5.74) is 0.816. The fourth-order valence-corrected chi connectivity index (χ4v) is 4.50. The van der Waals surface area contributed by atoms with Crippen LogP contribution in [0.5, 0.6) is 11.5 Å². The topological polar surface area (TPSA) is 79.3 Å². The Morgan fingerprint density at radius 2 is 1.78 bits per heavy atom. The van der Waals surface area contributed by atoms with Gasteiger partial charge in [0.25, 0.3) is 0 Å². The molecule has 2 heterocycles. The highest BCUT2D eigenvalue weighted by molar-refractivity contribution is 5.74. The quantitative estimate of drug-likeness (QED) is 0.847. The van der Waals surface area contributed by atoms with Crippen LogP contribution in [0.1, 0.15) is 31.7 Å². The van der Waals surface area contributed by atoms with E-state index in [0.717, 1.165) is 18.4 Å². The molecule has 27 heavy (non-hydrogen) atoms. The maximum absolute atomic E-state index is 11.9. The Hall–Kier alpha value is -2.28. The number of hydrogen-bond donors (Lipinski definition) is 1. The number of benzene rings is 1. The molecular weight excluding hydrogens is 348 g/mol. The molecule has 0 bridgehead atoms. The van der Waals surface area contributed by atoms with Crippen LogP contribution in [-0.4, -0.2) is 66.7 Å². The maximum Gasteiger partial charge on any atom is 0.320 e. The van der Waals surface area contributed by atoms with Crippen molar-refractivity contribution >= 4 is 11.9 Å². The number of methoxy groups -OCH3 is 2. The van der Waals surface area contributed by atoms with Gasteiger partial charge < -0.3 is 19.5 Å². The average molecular weight is 376 g/mol. The Bertz CT molecular complexity index is 690. The van der Waals surface area contributed by atoms with Crippen molar-refractivity contribution in [3.05, 3.63) is 23.8 Å². The van der Waals surface area contributed by atoms with E-state index in [2.05, 4.69) is 0 Å². The number of nitrogens with zero attached hydrogens (tertiary/aromatic N) is 2. The lowest BCUT2D eigenvalue weighted by Crippen LogP contribution is -2.43. The largest absolute Gasteiger partial charge is 0.496 e. The number of carbonyl (C=O) groups excluding carboxylic acids is 1. The molecule has 7 nitrogen and oxygen atoms in total. The molecule has 2 aliphatic rings. The normalized spacial score (nSPS) is 22.0. The minimum Gasteiger partial charge on any atom is -0.496 e. The molecule has 1 spiro atoms. The van der Waals surface area contributed by atoms with Gasteiger partial charge in [-0.3, -0.25) is 14.5 Å². The number of carboxylic acid groups (broad SMARTS) is 1.